The Morgan fingerprint density at radius 1 is 1.26 bits per heavy atom. The predicted octanol–water partition coefficient (Wildman–Crippen LogP) is 4.33. The summed E-state index contributed by atoms with van der Waals surface area (Å²) in [5.74, 6) is 1.56. The van der Waals surface area contributed by atoms with Crippen molar-refractivity contribution >= 4 is 34.2 Å². The van der Waals surface area contributed by atoms with Crippen LogP contribution in [0.15, 0.2) is 33.8 Å². The molecule has 0 amide bonds. The average molecular weight is 402 g/mol. The van der Waals surface area contributed by atoms with Crippen LogP contribution in [0.5, 0.6) is 0 Å². The maximum Gasteiger partial charge on any atom is 0.197 e. The number of benzene rings is 1. The van der Waals surface area contributed by atoms with E-state index < -0.39 is 0 Å². The first-order chi connectivity index (χ1) is 13.1. The third kappa shape index (κ3) is 3.24. The lowest BCUT2D eigenvalue weighted by Crippen LogP contribution is -2.32. The molecule has 2 aliphatic rings. The fourth-order valence-electron chi connectivity index (χ4n) is 3.62. The molecule has 7 heteroatoms. The van der Waals surface area contributed by atoms with Gasteiger partial charge in [-0.1, -0.05) is 23.2 Å². The fourth-order valence-corrected chi connectivity index (χ4v) is 4.16. The van der Waals surface area contributed by atoms with E-state index >= 15 is 0 Å². The standard InChI is InChI=1S/C20H17Cl2N3O2/c21-14-5-15-18(26)13(10-27-19(15)16(22)6-14)9-25-4-3-17-12(8-25)7-23-20(24-17)11-1-2-11/h5-7,10-11H,1-4,8-9H2. The number of hydrogen-bond acceptors (Lipinski definition) is 5. The summed E-state index contributed by atoms with van der Waals surface area (Å²) in [4.78, 5) is 24.3. The van der Waals surface area contributed by atoms with Gasteiger partial charge >= 0.3 is 0 Å². The molecule has 1 aliphatic carbocycles. The predicted molar refractivity (Wildman–Crippen MR) is 104 cm³/mol. The largest absolute Gasteiger partial charge is 0.462 e. The quantitative estimate of drug-likeness (QED) is 0.653. The molecule has 0 radical (unpaired) electrons. The Morgan fingerprint density at radius 3 is 2.93 bits per heavy atom. The molecule has 1 fully saturated rings. The Hall–Kier alpha value is -1.95. The van der Waals surface area contributed by atoms with Crippen molar-refractivity contribution in [1.82, 2.24) is 14.9 Å². The van der Waals surface area contributed by atoms with E-state index in [0.717, 1.165) is 36.6 Å². The van der Waals surface area contributed by atoms with E-state index in [2.05, 4.69) is 9.88 Å². The second-order valence-electron chi connectivity index (χ2n) is 7.29. The van der Waals surface area contributed by atoms with Crippen molar-refractivity contribution in [2.45, 2.75) is 38.3 Å². The normalized spacial score (nSPS) is 17.3. The van der Waals surface area contributed by atoms with E-state index in [4.69, 9.17) is 32.6 Å². The summed E-state index contributed by atoms with van der Waals surface area (Å²) in [6.07, 6.45) is 6.73. The molecule has 138 valence electrons. The third-order valence-corrected chi connectivity index (χ3v) is 5.73. The number of hydrogen-bond donors (Lipinski definition) is 0. The summed E-state index contributed by atoms with van der Waals surface area (Å²) >= 11 is 12.2. The highest BCUT2D eigenvalue weighted by Gasteiger charge is 2.28. The van der Waals surface area contributed by atoms with Gasteiger partial charge in [-0.15, -0.1) is 0 Å². The molecule has 2 aromatic heterocycles. The van der Waals surface area contributed by atoms with Gasteiger partial charge < -0.3 is 4.42 Å². The molecule has 1 saturated carbocycles. The Balaban J connectivity index is 1.41. The zero-order valence-electron chi connectivity index (χ0n) is 14.5. The molecule has 27 heavy (non-hydrogen) atoms. The van der Waals surface area contributed by atoms with Gasteiger partial charge in [-0.3, -0.25) is 9.69 Å². The Morgan fingerprint density at radius 2 is 2.11 bits per heavy atom. The summed E-state index contributed by atoms with van der Waals surface area (Å²) in [6, 6.07) is 3.18. The molecule has 0 atom stereocenters. The lowest BCUT2D eigenvalue weighted by atomic mass is 10.1. The molecule has 0 saturated heterocycles. The van der Waals surface area contributed by atoms with E-state index in [9.17, 15) is 4.79 Å². The van der Waals surface area contributed by atoms with Gasteiger partial charge in [-0.05, 0) is 25.0 Å². The molecule has 0 N–H and O–H groups in total. The van der Waals surface area contributed by atoms with Gasteiger partial charge in [0.2, 0.25) is 0 Å². The van der Waals surface area contributed by atoms with Gasteiger partial charge in [0.25, 0.3) is 0 Å². The molecule has 0 bridgehead atoms. The van der Waals surface area contributed by atoms with Crippen LogP contribution in [0.2, 0.25) is 10.0 Å². The fraction of sp³-hybridized carbons (Fsp3) is 0.350. The lowest BCUT2D eigenvalue weighted by molar-refractivity contribution is 0.240. The molecule has 0 unspecified atom stereocenters. The summed E-state index contributed by atoms with van der Waals surface area (Å²) in [7, 11) is 0. The highest BCUT2D eigenvalue weighted by Crippen LogP contribution is 2.38. The Kier molecular flexibility index (Phi) is 4.19. The average Bonchev–Trinajstić information content (AvgIpc) is 3.49. The SMILES string of the molecule is O=c1c(CN2CCc3nc(C4CC4)ncc3C2)coc2c(Cl)cc(Cl)cc12. The van der Waals surface area contributed by atoms with Crippen LogP contribution in [0.4, 0.5) is 0 Å². The number of nitrogens with zero attached hydrogens (tertiary/aromatic N) is 3. The van der Waals surface area contributed by atoms with Crippen molar-refractivity contribution in [2.75, 3.05) is 6.54 Å². The second kappa shape index (κ2) is 6.59. The van der Waals surface area contributed by atoms with Gasteiger partial charge in [0, 0.05) is 60.0 Å². The highest BCUT2D eigenvalue weighted by molar-refractivity contribution is 6.38. The maximum absolute atomic E-state index is 12.9. The Bertz CT molecular complexity index is 1110. The van der Waals surface area contributed by atoms with E-state index in [1.54, 1.807) is 12.1 Å². The van der Waals surface area contributed by atoms with E-state index in [1.807, 2.05) is 6.20 Å². The first-order valence-corrected chi connectivity index (χ1v) is 9.80. The maximum atomic E-state index is 12.9. The molecular weight excluding hydrogens is 385 g/mol. The first-order valence-electron chi connectivity index (χ1n) is 9.05. The number of rotatable bonds is 3. The van der Waals surface area contributed by atoms with Gasteiger partial charge in [0.15, 0.2) is 11.0 Å². The molecule has 1 aromatic carbocycles. The minimum Gasteiger partial charge on any atom is -0.462 e. The van der Waals surface area contributed by atoms with Crippen molar-refractivity contribution in [2.24, 2.45) is 0 Å². The number of aromatic nitrogens is 2. The topological polar surface area (TPSA) is 59.2 Å². The molecule has 5 nitrogen and oxygen atoms in total. The van der Waals surface area contributed by atoms with Crippen LogP contribution in [0, 0.1) is 0 Å². The van der Waals surface area contributed by atoms with Crippen molar-refractivity contribution in [3.8, 4) is 0 Å². The van der Waals surface area contributed by atoms with Crippen molar-refractivity contribution in [1.29, 1.82) is 0 Å². The Labute approximate surface area is 165 Å². The third-order valence-electron chi connectivity index (χ3n) is 5.23. The van der Waals surface area contributed by atoms with E-state index in [1.165, 1.54) is 19.1 Å². The summed E-state index contributed by atoms with van der Waals surface area (Å²) in [6.45, 7) is 2.09. The van der Waals surface area contributed by atoms with Crippen molar-refractivity contribution in [3.63, 3.8) is 0 Å². The van der Waals surface area contributed by atoms with Crippen LogP contribution in [-0.2, 0) is 19.5 Å². The van der Waals surface area contributed by atoms with Crippen LogP contribution in [-0.4, -0.2) is 21.4 Å². The summed E-state index contributed by atoms with van der Waals surface area (Å²) in [5, 5.41) is 1.18. The van der Waals surface area contributed by atoms with E-state index in [0.29, 0.717) is 39.0 Å². The van der Waals surface area contributed by atoms with Crippen LogP contribution >= 0.6 is 23.2 Å². The molecule has 3 aromatic rings. The zero-order valence-corrected chi connectivity index (χ0v) is 16.1. The minimum absolute atomic E-state index is 0.0909. The second-order valence-corrected chi connectivity index (χ2v) is 8.13. The van der Waals surface area contributed by atoms with E-state index in [-0.39, 0.29) is 5.43 Å². The minimum atomic E-state index is -0.0909. The smallest absolute Gasteiger partial charge is 0.197 e. The molecule has 1 aliphatic heterocycles. The monoisotopic (exact) mass is 401 g/mol. The van der Waals surface area contributed by atoms with Crippen LogP contribution < -0.4 is 5.43 Å². The zero-order chi connectivity index (χ0) is 18.5. The van der Waals surface area contributed by atoms with Crippen LogP contribution in [0.1, 0.15) is 41.4 Å². The van der Waals surface area contributed by atoms with Crippen molar-refractivity contribution < 1.29 is 4.42 Å². The first kappa shape index (κ1) is 17.2. The summed E-state index contributed by atoms with van der Waals surface area (Å²) < 4.78 is 5.63. The molecular formula is C20H17Cl2N3O2. The van der Waals surface area contributed by atoms with Crippen LogP contribution in [0.3, 0.4) is 0 Å². The van der Waals surface area contributed by atoms with Crippen LogP contribution in [0.25, 0.3) is 11.0 Å². The van der Waals surface area contributed by atoms with Gasteiger partial charge in [-0.25, -0.2) is 9.97 Å². The van der Waals surface area contributed by atoms with Crippen molar-refractivity contribution in [3.05, 3.63) is 67.5 Å². The highest BCUT2D eigenvalue weighted by atomic mass is 35.5. The summed E-state index contributed by atoms with van der Waals surface area (Å²) in [5.41, 5.74) is 3.17. The lowest BCUT2D eigenvalue weighted by Gasteiger charge is -2.27. The number of halogens is 2. The number of fused-ring (bicyclic) bond motifs is 2. The molecule has 5 rings (SSSR count). The van der Waals surface area contributed by atoms with Gasteiger partial charge in [-0.2, -0.15) is 0 Å². The van der Waals surface area contributed by atoms with Gasteiger partial charge in [0.05, 0.1) is 16.7 Å². The molecule has 0 spiro atoms. The van der Waals surface area contributed by atoms with Gasteiger partial charge in [0.1, 0.15) is 5.82 Å². The molecule has 3 heterocycles.